The number of amides is 1. The largest absolute Gasteiger partial charge is 0.505 e. The van der Waals surface area contributed by atoms with Crippen molar-refractivity contribution in [3.05, 3.63) is 77.4 Å². The summed E-state index contributed by atoms with van der Waals surface area (Å²) in [4.78, 5) is 28.8. The third-order valence-corrected chi connectivity index (χ3v) is 6.09. The van der Waals surface area contributed by atoms with E-state index >= 15 is 0 Å². The summed E-state index contributed by atoms with van der Waals surface area (Å²) in [7, 11) is 1.81. The van der Waals surface area contributed by atoms with E-state index in [1.807, 2.05) is 37.4 Å². The molecule has 2 aromatic heterocycles. The van der Waals surface area contributed by atoms with Crippen molar-refractivity contribution in [2.24, 2.45) is 7.05 Å². The Labute approximate surface area is 208 Å². The Morgan fingerprint density at radius 2 is 1.86 bits per heavy atom. The van der Waals surface area contributed by atoms with Crippen LogP contribution in [-0.2, 0) is 13.2 Å². The minimum atomic E-state index is -4.93. The third kappa shape index (κ3) is 4.80. The second-order valence-corrected chi connectivity index (χ2v) is 8.79. The van der Waals surface area contributed by atoms with Gasteiger partial charge in [-0.2, -0.15) is 13.2 Å². The van der Waals surface area contributed by atoms with Gasteiger partial charge >= 0.3 is 6.18 Å². The zero-order valence-electron chi connectivity index (χ0n) is 19.5. The van der Waals surface area contributed by atoms with E-state index in [2.05, 4.69) is 20.5 Å². The van der Waals surface area contributed by atoms with Gasteiger partial charge in [0.05, 0.1) is 5.69 Å². The van der Waals surface area contributed by atoms with Crippen LogP contribution in [0.25, 0.3) is 22.5 Å². The van der Waals surface area contributed by atoms with E-state index in [1.54, 1.807) is 10.9 Å². The second-order valence-electron chi connectivity index (χ2n) is 8.79. The molecule has 0 aliphatic heterocycles. The summed E-state index contributed by atoms with van der Waals surface area (Å²) in [6, 6.07) is 12.3. The highest BCUT2D eigenvalue weighted by Crippen LogP contribution is 2.42. The van der Waals surface area contributed by atoms with Crippen molar-refractivity contribution in [3.63, 3.8) is 0 Å². The average molecular weight is 507 g/mol. The van der Waals surface area contributed by atoms with Gasteiger partial charge in [-0.15, -0.1) is 10.2 Å². The molecule has 0 radical (unpaired) electrons. The smallest absolute Gasteiger partial charge is 0.420 e. The molecule has 0 saturated heterocycles. The lowest BCUT2D eigenvalue weighted by Crippen LogP contribution is -2.16. The van der Waals surface area contributed by atoms with E-state index < -0.39 is 29.1 Å². The van der Waals surface area contributed by atoms with Gasteiger partial charge in [-0.25, -0.2) is 4.98 Å². The fourth-order valence-corrected chi connectivity index (χ4v) is 4.09. The number of pyridine rings is 1. The summed E-state index contributed by atoms with van der Waals surface area (Å²) in [6.07, 6.45) is -1.34. The predicted octanol–water partition coefficient (Wildman–Crippen LogP) is 5.21. The number of hydrogen-bond donors (Lipinski definition) is 2. The number of benzene rings is 2. The highest BCUT2D eigenvalue weighted by Gasteiger charge is 2.36. The van der Waals surface area contributed by atoms with Gasteiger partial charge in [-0.3, -0.25) is 9.59 Å². The summed E-state index contributed by atoms with van der Waals surface area (Å²) in [5.41, 5.74) is 0.525. The van der Waals surface area contributed by atoms with E-state index in [-0.39, 0.29) is 23.5 Å². The van der Waals surface area contributed by atoms with Crippen LogP contribution < -0.4 is 5.32 Å². The van der Waals surface area contributed by atoms with Crippen LogP contribution in [0.2, 0.25) is 0 Å². The number of rotatable bonds is 6. The van der Waals surface area contributed by atoms with Crippen molar-refractivity contribution in [2.75, 3.05) is 5.32 Å². The molecule has 2 aromatic carbocycles. The maximum absolute atomic E-state index is 13.4. The number of phenols is 1. The van der Waals surface area contributed by atoms with Crippen molar-refractivity contribution in [2.45, 2.75) is 24.9 Å². The topological polar surface area (TPSA) is 110 Å². The number of alkyl halides is 3. The summed E-state index contributed by atoms with van der Waals surface area (Å²) >= 11 is 0. The molecular formula is C26H20F3N5O3. The predicted molar refractivity (Wildman–Crippen MR) is 128 cm³/mol. The molecule has 0 unspecified atom stereocenters. The lowest BCUT2D eigenvalue weighted by atomic mass is 9.97. The van der Waals surface area contributed by atoms with Crippen LogP contribution in [0.4, 0.5) is 18.9 Å². The summed E-state index contributed by atoms with van der Waals surface area (Å²) in [5, 5.41) is 20.6. The molecular weight excluding hydrogens is 487 g/mol. The molecule has 1 aliphatic rings. The number of nitrogens with one attached hydrogen (secondary N) is 1. The Bertz CT molecular complexity index is 1530. The Hall–Kier alpha value is -4.54. The fourth-order valence-electron chi connectivity index (χ4n) is 4.09. The highest BCUT2D eigenvalue weighted by molar-refractivity contribution is 6.05. The van der Waals surface area contributed by atoms with Crippen molar-refractivity contribution >= 4 is 17.9 Å². The minimum absolute atomic E-state index is 0.0448. The van der Waals surface area contributed by atoms with Gasteiger partial charge in [-0.05, 0) is 48.2 Å². The molecule has 5 rings (SSSR count). The van der Waals surface area contributed by atoms with Crippen LogP contribution in [0.1, 0.15) is 50.9 Å². The minimum Gasteiger partial charge on any atom is -0.505 e. The second kappa shape index (κ2) is 9.16. The van der Waals surface area contributed by atoms with E-state index in [9.17, 15) is 27.9 Å². The first-order chi connectivity index (χ1) is 17.7. The first kappa shape index (κ1) is 24.2. The van der Waals surface area contributed by atoms with Crippen LogP contribution in [0, 0.1) is 0 Å². The van der Waals surface area contributed by atoms with Crippen LogP contribution in [0.5, 0.6) is 5.75 Å². The van der Waals surface area contributed by atoms with Gasteiger partial charge in [0.25, 0.3) is 5.91 Å². The number of aromatic hydroxyl groups is 1. The third-order valence-electron chi connectivity index (χ3n) is 6.09. The van der Waals surface area contributed by atoms with Crippen molar-refractivity contribution in [1.82, 2.24) is 19.7 Å². The number of carbonyl (C=O) groups is 2. The quantitative estimate of drug-likeness (QED) is 0.274. The number of anilines is 1. The first-order valence-electron chi connectivity index (χ1n) is 11.3. The standard InChI is InChI=1S/C26H20F3N5O3/c1-34-13-30-33-24(34)18-5-3-2-4-17(18)16-10-20(15-6-7-15)31-22(11-16)25(37)32-21-9-14(12-35)8-19(23(21)36)26(27,28)29/h2-5,8-13,15,36H,6-7H2,1H3,(H,32,37). The molecule has 11 heteroatoms. The van der Waals surface area contributed by atoms with Crippen molar-refractivity contribution in [1.29, 1.82) is 0 Å². The Morgan fingerprint density at radius 3 is 2.49 bits per heavy atom. The zero-order valence-corrected chi connectivity index (χ0v) is 19.5. The molecule has 37 heavy (non-hydrogen) atoms. The molecule has 0 atom stereocenters. The van der Waals surface area contributed by atoms with E-state index in [1.165, 1.54) is 6.07 Å². The van der Waals surface area contributed by atoms with Crippen LogP contribution in [-0.4, -0.2) is 37.0 Å². The Balaban J connectivity index is 1.57. The fraction of sp³-hybridized carbons (Fsp3) is 0.192. The van der Waals surface area contributed by atoms with Crippen molar-refractivity contribution in [3.8, 4) is 28.3 Å². The number of nitrogens with zero attached hydrogens (tertiary/aromatic N) is 4. The molecule has 4 aromatic rings. The van der Waals surface area contributed by atoms with Gasteiger partial charge in [-0.1, -0.05) is 24.3 Å². The lowest BCUT2D eigenvalue weighted by Gasteiger charge is -2.15. The van der Waals surface area contributed by atoms with Gasteiger partial charge in [0.1, 0.15) is 23.9 Å². The molecule has 0 spiro atoms. The Morgan fingerprint density at radius 1 is 1.14 bits per heavy atom. The molecule has 2 heterocycles. The number of carbonyl (C=O) groups excluding carboxylic acids is 2. The van der Waals surface area contributed by atoms with E-state index in [0.29, 0.717) is 23.1 Å². The normalized spacial score (nSPS) is 13.4. The van der Waals surface area contributed by atoms with Gasteiger partial charge < -0.3 is 15.0 Å². The number of halogens is 3. The highest BCUT2D eigenvalue weighted by atomic mass is 19.4. The van der Waals surface area contributed by atoms with Gasteiger partial charge in [0.15, 0.2) is 11.6 Å². The van der Waals surface area contributed by atoms with Crippen LogP contribution in [0.3, 0.4) is 0 Å². The van der Waals surface area contributed by atoms with Crippen LogP contribution >= 0.6 is 0 Å². The molecule has 8 nitrogen and oxygen atoms in total. The van der Waals surface area contributed by atoms with E-state index in [4.69, 9.17) is 0 Å². The van der Waals surface area contributed by atoms with Crippen molar-refractivity contribution < 1.29 is 27.9 Å². The maximum atomic E-state index is 13.4. The van der Waals surface area contributed by atoms with E-state index in [0.717, 1.165) is 30.0 Å². The molecule has 0 bridgehead atoms. The van der Waals surface area contributed by atoms with Gasteiger partial charge in [0, 0.05) is 29.8 Å². The maximum Gasteiger partial charge on any atom is 0.420 e. The summed E-state index contributed by atoms with van der Waals surface area (Å²) in [5.74, 6) is -1.23. The number of aromatic nitrogens is 4. The molecule has 1 amide bonds. The number of phenolic OH excluding ortho intramolecular Hbond substituents is 1. The zero-order chi connectivity index (χ0) is 26.3. The molecule has 1 saturated carbocycles. The monoisotopic (exact) mass is 507 g/mol. The average Bonchev–Trinajstić information content (AvgIpc) is 3.64. The number of aldehydes is 1. The van der Waals surface area contributed by atoms with Gasteiger partial charge in [0.2, 0.25) is 0 Å². The summed E-state index contributed by atoms with van der Waals surface area (Å²) in [6.45, 7) is 0. The number of aryl methyl sites for hydroxylation is 1. The molecule has 188 valence electrons. The summed E-state index contributed by atoms with van der Waals surface area (Å²) < 4.78 is 41.9. The van der Waals surface area contributed by atoms with Crippen LogP contribution in [0.15, 0.2) is 54.9 Å². The lowest BCUT2D eigenvalue weighted by molar-refractivity contribution is -0.138. The Kier molecular flexibility index (Phi) is 5.98. The molecule has 1 fully saturated rings. The first-order valence-corrected chi connectivity index (χ1v) is 11.3. The number of hydrogen-bond acceptors (Lipinski definition) is 6. The molecule has 1 aliphatic carbocycles. The molecule has 2 N–H and O–H groups in total. The SMILES string of the molecule is Cn1cnnc1-c1ccccc1-c1cc(C(=O)Nc2cc(C=O)cc(C(F)(F)F)c2O)nc(C2CC2)c1.